The minimum absolute atomic E-state index is 0.0189. The van der Waals surface area contributed by atoms with Gasteiger partial charge in [-0.15, -0.1) is 11.6 Å². The number of carbonyl (C=O) groups is 1. The molecule has 0 spiro atoms. The Balaban J connectivity index is 1.93. The maximum Gasteiger partial charge on any atom is 0.328 e. The molecule has 7 heteroatoms. The van der Waals surface area contributed by atoms with Crippen molar-refractivity contribution in [3.05, 3.63) is 29.8 Å². The third-order valence-corrected chi connectivity index (χ3v) is 5.83. The van der Waals surface area contributed by atoms with Crippen LogP contribution in [0, 0.1) is 5.92 Å². The van der Waals surface area contributed by atoms with Gasteiger partial charge in [0.25, 0.3) is 10.0 Å². The first-order valence-electron chi connectivity index (χ1n) is 8.32. The lowest BCUT2D eigenvalue weighted by molar-refractivity contribution is 0.233. The monoisotopic (exact) mass is 372 g/mol. The minimum Gasteiger partial charge on any atom is -0.335 e. The first kappa shape index (κ1) is 19.1. The summed E-state index contributed by atoms with van der Waals surface area (Å²) >= 11 is 5.93. The highest BCUT2D eigenvalue weighted by Crippen LogP contribution is 2.23. The molecule has 0 bridgehead atoms. The second kappa shape index (κ2) is 8.21. The van der Waals surface area contributed by atoms with Crippen LogP contribution in [0.1, 0.15) is 45.1 Å². The lowest BCUT2D eigenvalue weighted by Crippen LogP contribution is -2.45. The second-order valence-electron chi connectivity index (χ2n) is 6.66. The highest BCUT2D eigenvalue weighted by atomic mass is 35.5. The molecule has 1 aliphatic rings. The summed E-state index contributed by atoms with van der Waals surface area (Å²) in [6, 6.07) is 5.80. The van der Waals surface area contributed by atoms with Crippen LogP contribution in [0.2, 0.25) is 0 Å². The topological polar surface area (TPSA) is 75.3 Å². The van der Waals surface area contributed by atoms with Crippen molar-refractivity contribution in [2.75, 3.05) is 0 Å². The van der Waals surface area contributed by atoms with Crippen LogP contribution in [-0.4, -0.2) is 25.9 Å². The number of alkyl halides is 1. The molecule has 1 unspecified atom stereocenters. The van der Waals surface area contributed by atoms with Crippen LogP contribution in [0.15, 0.2) is 29.2 Å². The molecule has 2 amide bonds. The van der Waals surface area contributed by atoms with Gasteiger partial charge in [0, 0.05) is 11.4 Å². The number of carbonyl (C=O) groups excluding carboxylic acids is 1. The molecular weight excluding hydrogens is 348 g/mol. The SMILES string of the molecule is CC(Cl)Cc1ccc(S(=O)(=O)NC(=O)NC2CCC(C)CC2)cc1. The van der Waals surface area contributed by atoms with Crippen molar-refractivity contribution in [2.45, 2.75) is 62.3 Å². The van der Waals surface area contributed by atoms with E-state index >= 15 is 0 Å². The summed E-state index contributed by atoms with van der Waals surface area (Å²) < 4.78 is 26.6. The number of urea groups is 1. The Hall–Kier alpha value is -1.27. The van der Waals surface area contributed by atoms with E-state index in [4.69, 9.17) is 11.6 Å². The zero-order valence-corrected chi connectivity index (χ0v) is 15.7. The van der Waals surface area contributed by atoms with E-state index in [1.54, 1.807) is 12.1 Å². The predicted octanol–water partition coefficient (Wildman–Crippen LogP) is 3.42. The Morgan fingerprint density at radius 2 is 1.79 bits per heavy atom. The van der Waals surface area contributed by atoms with Crippen molar-refractivity contribution in [3.8, 4) is 0 Å². The zero-order chi connectivity index (χ0) is 17.7. The normalized spacial score (nSPS) is 22.6. The van der Waals surface area contributed by atoms with E-state index in [0.717, 1.165) is 31.2 Å². The van der Waals surface area contributed by atoms with Crippen LogP contribution in [-0.2, 0) is 16.4 Å². The highest BCUT2D eigenvalue weighted by molar-refractivity contribution is 7.90. The molecule has 0 radical (unpaired) electrons. The van der Waals surface area contributed by atoms with E-state index in [9.17, 15) is 13.2 Å². The molecule has 5 nitrogen and oxygen atoms in total. The summed E-state index contributed by atoms with van der Waals surface area (Å²) in [7, 11) is -3.86. The lowest BCUT2D eigenvalue weighted by Gasteiger charge is -2.26. The average Bonchev–Trinajstić information content (AvgIpc) is 2.49. The molecule has 0 heterocycles. The fourth-order valence-electron chi connectivity index (χ4n) is 2.93. The van der Waals surface area contributed by atoms with Gasteiger partial charge in [0.2, 0.25) is 0 Å². The summed E-state index contributed by atoms with van der Waals surface area (Å²) in [4.78, 5) is 12.0. The van der Waals surface area contributed by atoms with Crippen molar-refractivity contribution in [3.63, 3.8) is 0 Å². The molecule has 0 aliphatic heterocycles. The van der Waals surface area contributed by atoms with Gasteiger partial charge < -0.3 is 5.32 Å². The Morgan fingerprint density at radius 1 is 1.21 bits per heavy atom. The molecule has 1 aromatic carbocycles. The predicted molar refractivity (Wildman–Crippen MR) is 95.7 cm³/mol. The first-order valence-corrected chi connectivity index (χ1v) is 10.2. The van der Waals surface area contributed by atoms with Gasteiger partial charge in [-0.2, -0.15) is 0 Å². The molecule has 134 valence electrons. The Bertz CT molecular complexity index is 651. The van der Waals surface area contributed by atoms with Gasteiger partial charge in [-0.05, 0) is 62.6 Å². The number of nitrogens with one attached hydrogen (secondary N) is 2. The number of hydrogen-bond donors (Lipinski definition) is 2. The van der Waals surface area contributed by atoms with E-state index < -0.39 is 16.1 Å². The fourth-order valence-corrected chi connectivity index (χ4v) is 4.02. The molecule has 2 rings (SSSR count). The summed E-state index contributed by atoms with van der Waals surface area (Å²) in [6.45, 7) is 4.07. The third-order valence-electron chi connectivity index (χ3n) is 4.33. The van der Waals surface area contributed by atoms with Crippen LogP contribution < -0.4 is 10.0 Å². The van der Waals surface area contributed by atoms with E-state index in [-0.39, 0.29) is 16.3 Å². The van der Waals surface area contributed by atoms with Gasteiger partial charge in [-0.25, -0.2) is 17.9 Å². The standard InChI is InChI=1S/C17H25ClN2O3S/c1-12-3-7-15(8-4-12)19-17(21)20-24(22,23)16-9-5-14(6-10-16)11-13(2)18/h5-6,9-10,12-13,15H,3-4,7-8,11H2,1-2H3,(H2,19,20,21). The number of amides is 2. The fraction of sp³-hybridized carbons (Fsp3) is 0.588. The Kier molecular flexibility index (Phi) is 6.52. The van der Waals surface area contributed by atoms with Crippen LogP contribution >= 0.6 is 11.6 Å². The number of sulfonamides is 1. The van der Waals surface area contributed by atoms with Crippen molar-refractivity contribution in [1.82, 2.24) is 10.0 Å². The van der Waals surface area contributed by atoms with E-state index in [0.29, 0.717) is 12.3 Å². The largest absolute Gasteiger partial charge is 0.335 e. The van der Waals surface area contributed by atoms with Gasteiger partial charge >= 0.3 is 6.03 Å². The summed E-state index contributed by atoms with van der Waals surface area (Å²) in [5, 5.41) is 2.74. The molecule has 1 atom stereocenters. The van der Waals surface area contributed by atoms with Crippen molar-refractivity contribution >= 4 is 27.7 Å². The molecular formula is C17H25ClN2O3S. The maximum atomic E-state index is 12.3. The smallest absolute Gasteiger partial charge is 0.328 e. The van der Waals surface area contributed by atoms with Gasteiger partial charge in [-0.3, -0.25) is 0 Å². The summed E-state index contributed by atoms with van der Waals surface area (Å²) in [5.74, 6) is 0.670. The minimum atomic E-state index is -3.86. The third kappa shape index (κ3) is 5.67. The number of benzene rings is 1. The molecule has 1 aromatic rings. The van der Waals surface area contributed by atoms with Crippen molar-refractivity contribution in [1.29, 1.82) is 0 Å². The molecule has 1 fully saturated rings. The van der Waals surface area contributed by atoms with E-state index in [1.807, 2.05) is 6.92 Å². The first-order chi connectivity index (χ1) is 11.3. The lowest BCUT2D eigenvalue weighted by atomic mass is 9.87. The molecule has 1 saturated carbocycles. The molecule has 24 heavy (non-hydrogen) atoms. The van der Waals surface area contributed by atoms with Crippen molar-refractivity contribution < 1.29 is 13.2 Å². The van der Waals surface area contributed by atoms with E-state index in [1.165, 1.54) is 12.1 Å². The van der Waals surface area contributed by atoms with E-state index in [2.05, 4.69) is 17.0 Å². The molecule has 0 aromatic heterocycles. The average molecular weight is 373 g/mol. The van der Waals surface area contributed by atoms with Crippen LogP contribution in [0.25, 0.3) is 0 Å². The molecule has 0 saturated heterocycles. The zero-order valence-electron chi connectivity index (χ0n) is 14.1. The van der Waals surface area contributed by atoms with Crippen molar-refractivity contribution in [2.24, 2.45) is 5.92 Å². The summed E-state index contributed by atoms with van der Waals surface area (Å²) in [5.41, 5.74) is 0.956. The molecule has 2 N–H and O–H groups in total. The number of halogens is 1. The maximum absolute atomic E-state index is 12.3. The Morgan fingerprint density at radius 3 is 2.33 bits per heavy atom. The van der Waals surface area contributed by atoms with Gasteiger partial charge in [0.1, 0.15) is 0 Å². The van der Waals surface area contributed by atoms with Crippen LogP contribution in [0.5, 0.6) is 0 Å². The van der Waals surface area contributed by atoms with Crippen LogP contribution in [0.3, 0.4) is 0 Å². The second-order valence-corrected chi connectivity index (χ2v) is 9.09. The highest BCUT2D eigenvalue weighted by Gasteiger charge is 2.23. The number of rotatable bonds is 5. The Labute approximate surface area is 149 Å². The van der Waals surface area contributed by atoms with Crippen LogP contribution in [0.4, 0.5) is 4.79 Å². The number of hydrogen-bond acceptors (Lipinski definition) is 3. The van der Waals surface area contributed by atoms with Gasteiger partial charge in [0.05, 0.1) is 4.90 Å². The van der Waals surface area contributed by atoms with Gasteiger partial charge in [-0.1, -0.05) is 19.1 Å². The van der Waals surface area contributed by atoms with Gasteiger partial charge in [0.15, 0.2) is 0 Å². The molecule has 1 aliphatic carbocycles. The summed E-state index contributed by atoms with van der Waals surface area (Å²) in [6.07, 6.45) is 4.55. The quantitative estimate of drug-likeness (QED) is 0.777.